The maximum Gasteiger partial charge on any atom is 0.417 e. The molecule has 0 saturated carbocycles. The SMILES string of the molecule is CN=C(NCCOc1ccc(C(F)(F)F)cn1)NCc1nc(C(C)C)cs1.I. The zero-order chi connectivity index (χ0) is 19.9. The zero-order valence-corrected chi connectivity index (χ0v) is 18.9. The van der Waals surface area contributed by atoms with Gasteiger partial charge in [-0.05, 0) is 12.0 Å². The highest BCUT2D eigenvalue weighted by Crippen LogP contribution is 2.29. The summed E-state index contributed by atoms with van der Waals surface area (Å²) >= 11 is 1.59. The number of alkyl halides is 3. The van der Waals surface area contributed by atoms with E-state index >= 15 is 0 Å². The fourth-order valence-corrected chi connectivity index (χ4v) is 2.91. The molecule has 0 aliphatic carbocycles. The van der Waals surface area contributed by atoms with Crippen molar-refractivity contribution in [3.63, 3.8) is 0 Å². The molecule has 0 atom stereocenters. The molecule has 0 spiro atoms. The number of nitrogens with one attached hydrogen (secondary N) is 2. The highest BCUT2D eigenvalue weighted by atomic mass is 127. The minimum absolute atomic E-state index is 0. The summed E-state index contributed by atoms with van der Waals surface area (Å²) in [4.78, 5) is 12.3. The molecular formula is C17H23F3IN5OS. The van der Waals surface area contributed by atoms with Crippen molar-refractivity contribution >= 4 is 41.3 Å². The highest BCUT2D eigenvalue weighted by molar-refractivity contribution is 14.0. The smallest absolute Gasteiger partial charge is 0.417 e. The van der Waals surface area contributed by atoms with Gasteiger partial charge in [-0.1, -0.05) is 13.8 Å². The average Bonchev–Trinajstić information content (AvgIpc) is 3.10. The number of guanidine groups is 1. The first-order valence-electron chi connectivity index (χ1n) is 8.34. The predicted molar refractivity (Wildman–Crippen MR) is 115 cm³/mol. The minimum atomic E-state index is -4.40. The second-order valence-corrected chi connectivity index (χ2v) is 6.85. The topological polar surface area (TPSA) is 71.4 Å². The van der Waals surface area contributed by atoms with E-state index in [1.165, 1.54) is 6.07 Å². The van der Waals surface area contributed by atoms with Crippen molar-refractivity contribution in [2.45, 2.75) is 32.5 Å². The van der Waals surface area contributed by atoms with Crippen molar-refractivity contribution in [1.82, 2.24) is 20.6 Å². The molecule has 0 radical (unpaired) electrons. The van der Waals surface area contributed by atoms with Crippen molar-refractivity contribution in [1.29, 1.82) is 0 Å². The van der Waals surface area contributed by atoms with E-state index in [0.29, 0.717) is 25.0 Å². The van der Waals surface area contributed by atoms with Crippen molar-refractivity contribution in [2.24, 2.45) is 4.99 Å². The van der Waals surface area contributed by atoms with E-state index in [1.807, 2.05) is 5.38 Å². The van der Waals surface area contributed by atoms with Gasteiger partial charge in [-0.3, -0.25) is 4.99 Å². The molecule has 0 fully saturated rings. The van der Waals surface area contributed by atoms with Crippen LogP contribution in [-0.2, 0) is 12.7 Å². The van der Waals surface area contributed by atoms with Gasteiger partial charge >= 0.3 is 6.18 Å². The molecule has 0 aromatic carbocycles. The van der Waals surface area contributed by atoms with Crippen molar-refractivity contribution in [3.05, 3.63) is 40.0 Å². The molecule has 0 saturated heterocycles. The van der Waals surface area contributed by atoms with Gasteiger partial charge < -0.3 is 15.4 Å². The summed E-state index contributed by atoms with van der Waals surface area (Å²) < 4.78 is 42.8. The van der Waals surface area contributed by atoms with Gasteiger partial charge in [0, 0.05) is 24.7 Å². The summed E-state index contributed by atoms with van der Waals surface area (Å²) in [5.74, 6) is 1.11. The molecular weight excluding hydrogens is 506 g/mol. The third kappa shape index (κ3) is 7.78. The molecule has 0 aliphatic heterocycles. The van der Waals surface area contributed by atoms with E-state index in [4.69, 9.17) is 4.74 Å². The van der Waals surface area contributed by atoms with E-state index in [9.17, 15) is 13.2 Å². The monoisotopic (exact) mass is 529 g/mol. The maximum atomic E-state index is 12.5. The Morgan fingerprint density at radius 3 is 2.57 bits per heavy atom. The van der Waals surface area contributed by atoms with Gasteiger partial charge in [-0.25, -0.2) is 9.97 Å². The second kappa shape index (κ2) is 11.4. The largest absolute Gasteiger partial charge is 0.476 e. The summed E-state index contributed by atoms with van der Waals surface area (Å²) in [6.07, 6.45) is -3.65. The summed E-state index contributed by atoms with van der Waals surface area (Å²) in [6, 6.07) is 2.14. The van der Waals surface area contributed by atoms with Crippen LogP contribution in [0.25, 0.3) is 0 Å². The number of hydrogen-bond donors (Lipinski definition) is 2. The molecule has 0 amide bonds. The van der Waals surface area contributed by atoms with Crippen LogP contribution in [0.1, 0.15) is 36.0 Å². The quantitative estimate of drug-likeness (QED) is 0.245. The maximum absolute atomic E-state index is 12.5. The number of pyridine rings is 1. The lowest BCUT2D eigenvalue weighted by molar-refractivity contribution is -0.137. The number of ether oxygens (including phenoxy) is 1. The fraction of sp³-hybridized carbons (Fsp3) is 0.471. The van der Waals surface area contributed by atoms with Gasteiger partial charge in [0.05, 0.1) is 24.3 Å². The van der Waals surface area contributed by atoms with Crippen LogP contribution in [0, 0.1) is 0 Å². The van der Waals surface area contributed by atoms with E-state index in [-0.39, 0.29) is 36.5 Å². The Labute approximate surface area is 183 Å². The average molecular weight is 529 g/mol. The van der Waals surface area contributed by atoms with E-state index in [0.717, 1.165) is 23.0 Å². The molecule has 0 unspecified atom stereocenters. The fourth-order valence-electron chi connectivity index (χ4n) is 2.01. The lowest BCUT2D eigenvalue weighted by Gasteiger charge is -2.12. The molecule has 0 aliphatic rings. The van der Waals surface area contributed by atoms with E-state index < -0.39 is 11.7 Å². The van der Waals surface area contributed by atoms with Crippen molar-refractivity contribution < 1.29 is 17.9 Å². The number of nitrogens with zero attached hydrogens (tertiary/aromatic N) is 3. The van der Waals surface area contributed by atoms with Crippen LogP contribution in [0.2, 0.25) is 0 Å². The first kappa shape index (κ1) is 24.4. The second-order valence-electron chi connectivity index (χ2n) is 5.90. The van der Waals surface area contributed by atoms with Gasteiger partial charge in [0.1, 0.15) is 11.6 Å². The van der Waals surface area contributed by atoms with Crippen LogP contribution < -0.4 is 15.4 Å². The van der Waals surface area contributed by atoms with Crippen molar-refractivity contribution in [2.75, 3.05) is 20.2 Å². The Morgan fingerprint density at radius 1 is 1.29 bits per heavy atom. The molecule has 2 aromatic rings. The van der Waals surface area contributed by atoms with Crippen LogP contribution in [0.5, 0.6) is 5.88 Å². The Bertz CT molecular complexity index is 750. The molecule has 2 rings (SSSR count). The molecule has 11 heteroatoms. The van der Waals surface area contributed by atoms with Gasteiger partial charge in [0.2, 0.25) is 5.88 Å². The van der Waals surface area contributed by atoms with Gasteiger partial charge in [0.25, 0.3) is 0 Å². The number of aromatic nitrogens is 2. The van der Waals surface area contributed by atoms with Gasteiger partial charge in [0.15, 0.2) is 5.96 Å². The summed E-state index contributed by atoms with van der Waals surface area (Å²) in [7, 11) is 1.65. The number of thiazole rings is 1. The Morgan fingerprint density at radius 2 is 2.04 bits per heavy atom. The normalized spacial score (nSPS) is 11.9. The first-order valence-corrected chi connectivity index (χ1v) is 9.22. The molecule has 2 aromatic heterocycles. The van der Waals surface area contributed by atoms with Crippen LogP contribution in [0.15, 0.2) is 28.7 Å². The number of halogens is 4. The number of rotatable bonds is 7. The van der Waals surface area contributed by atoms with Crippen LogP contribution >= 0.6 is 35.3 Å². The standard InChI is InChI=1S/C17H22F3N5OS.HI/c1-11(2)13-10-27-15(25-13)9-24-16(21-3)22-6-7-26-14-5-4-12(8-23-14)17(18,19)20;/h4-5,8,10-11H,6-7,9H2,1-3H3,(H2,21,22,24);1H. The third-order valence-corrected chi connectivity index (χ3v) is 4.37. The number of hydrogen-bond acceptors (Lipinski definition) is 5. The Balaban J connectivity index is 0.00000392. The van der Waals surface area contributed by atoms with Gasteiger partial charge in [-0.2, -0.15) is 13.2 Å². The van der Waals surface area contributed by atoms with E-state index in [2.05, 4.69) is 39.4 Å². The molecule has 28 heavy (non-hydrogen) atoms. The molecule has 0 bridgehead atoms. The Hall–Kier alpha value is -1.63. The van der Waals surface area contributed by atoms with Crippen LogP contribution in [0.3, 0.4) is 0 Å². The number of aliphatic imine (C=N–C) groups is 1. The summed E-state index contributed by atoms with van der Waals surface area (Å²) in [5.41, 5.74) is 0.262. The lowest BCUT2D eigenvalue weighted by atomic mass is 10.2. The molecule has 156 valence electrons. The van der Waals surface area contributed by atoms with Crippen LogP contribution in [-0.4, -0.2) is 36.1 Å². The zero-order valence-electron chi connectivity index (χ0n) is 15.7. The van der Waals surface area contributed by atoms with Crippen LogP contribution in [0.4, 0.5) is 13.2 Å². The molecule has 2 heterocycles. The van der Waals surface area contributed by atoms with E-state index in [1.54, 1.807) is 18.4 Å². The van der Waals surface area contributed by atoms with Crippen molar-refractivity contribution in [3.8, 4) is 5.88 Å². The molecule has 6 nitrogen and oxygen atoms in total. The summed E-state index contributed by atoms with van der Waals surface area (Å²) in [6.45, 7) is 5.39. The first-order chi connectivity index (χ1) is 12.8. The lowest BCUT2D eigenvalue weighted by Crippen LogP contribution is -2.38. The minimum Gasteiger partial charge on any atom is -0.476 e. The Kier molecular flexibility index (Phi) is 9.93. The van der Waals surface area contributed by atoms with Gasteiger partial charge in [-0.15, -0.1) is 35.3 Å². The third-order valence-electron chi connectivity index (χ3n) is 3.50. The molecule has 2 N–H and O–H groups in total. The summed E-state index contributed by atoms with van der Waals surface area (Å²) in [5, 5.41) is 9.22. The highest BCUT2D eigenvalue weighted by Gasteiger charge is 2.30. The predicted octanol–water partition coefficient (Wildman–Crippen LogP) is 4.04.